The number of ether oxygens (including phenoxy) is 2. The summed E-state index contributed by atoms with van der Waals surface area (Å²) in [6, 6.07) is 4.99. The standard InChI is InChI=1S/C19H25ClN4O4S/c1-13-11-17(14(2)10-16(13)20)29(25,26)21-4-7-28-19-12-18(22-15(3)23-19)24-5-8-27-9-6-24/h10-12,21H,4-9H2,1-3H3. The van der Waals surface area contributed by atoms with Crippen LogP contribution < -0.4 is 14.4 Å². The molecule has 8 nitrogen and oxygen atoms in total. The van der Waals surface area contributed by atoms with E-state index >= 15 is 0 Å². The van der Waals surface area contributed by atoms with Crippen LogP contribution in [0.3, 0.4) is 0 Å². The summed E-state index contributed by atoms with van der Waals surface area (Å²) in [7, 11) is -3.66. The minimum atomic E-state index is -3.66. The van der Waals surface area contributed by atoms with Crippen molar-refractivity contribution in [3.05, 3.63) is 40.2 Å². The van der Waals surface area contributed by atoms with E-state index < -0.39 is 10.0 Å². The van der Waals surface area contributed by atoms with Gasteiger partial charge in [0.2, 0.25) is 15.9 Å². The van der Waals surface area contributed by atoms with Crippen LogP contribution in [0.5, 0.6) is 5.88 Å². The van der Waals surface area contributed by atoms with E-state index in [-0.39, 0.29) is 18.0 Å². The molecule has 1 N–H and O–H groups in total. The van der Waals surface area contributed by atoms with Crippen LogP contribution in [-0.4, -0.2) is 57.8 Å². The first kappa shape index (κ1) is 21.8. The number of halogens is 1. The molecule has 2 aromatic rings. The molecule has 0 radical (unpaired) electrons. The maximum absolute atomic E-state index is 12.6. The molecule has 1 aromatic carbocycles. The molecule has 0 atom stereocenters. The van der Waals surface area contributed by atoms with Gasteiger partial charge in [-0.15, -0.1) is 0 Å². The number of nitrogens with zero attached hydrogens (tertiary/aromatic N) is 3. The molecule has 1 aliphatic heterocycles. The SMILES string of the molecule is Cc1nc(OCCNS(=O)(=O)c2cc(C)c(Cl)cc2C)cc(N2CCOCC2)n1. The monoisotopic (exact) mass is 440 g/mol. The molecule has 1 fully saturated rings. The highest BCUT2D eigenvalue weighted by atomic mass is 35.5. The van der Waals surface area contributed by atoms with E-state index in [1.165, 1.54) is 0 Å². The molecule has 0 saturated carbocycles. The third kappa shape index (κ3) is 5.57. The van der Waals surface area contributed by atoms with Gasteiger partial charge in [0, 0.05) is 30.7 Å². The number of aryl methyl sites for hydroxylation is 3. The molecule has 0 bridgehead atoms. The van der Waals surface area contributed by atoms with Gasteiger partial charge in [-0.2, -0.15) is 4.98 Å². The van der Waals surface area contributed by atoms with Crippen LogP contribution in [0.25, 0.3) is 0 Å². The number of hydrogen-bond acceptors (Lipinski definition) is 7. The number of anilines is 1. The summed E-state index contributed by atoms with van der Waals surface area (Å²) in [5.41, 5.74) is 1.30. The van der Waals surface area contributed by atoms with E-state index in [4.69, 9.17) is 21.1 Å². The summed E-state index contributed by atoms with van der Waals surface area (Å²) in [5, 5.41) is 0.542. The van der Waals surface area contributed by atoms with Crippen molar-refractivity contribution in [1.29, 1.82) is 0 Å². The quantitative estimate of drug-likeness (QED) is 0.660. The maximum atomic E-state index is 12.6. The molecule has 0 spiro atoms. The van der Waals surface area contributed by atoms with Crippen molar-refractivity contribution in [2.75, 3.05) is 44.4 Å². The van der Waals surface area contributed by atoms with Crippen LogP contribution in [-0.2, 0) is 14.8 Å². The van der Waals surface area contributed by atoms with E-state index in [0.717, 1.165) is 18.9 Å². The smallest absolute Gasteiger partial charge is 0.240 e. The number of morpholine rings is 1. The summed E-state index contributed by atoms with van der Waals surface area (Å²) < 4.78 is 38.8. The van der Waals surface area contributed by atoms with Gasteiger partial charge in [0.15, 0.2) is 0 Å². The molecule has 29 heavy (non-hydrogen) atoms. The fraction of sp³-hybridized carbons (Fsp3) is 0.474. The minimum Gasteiger partial charge on any atom is -0.476 e. The summed E-state index contributed by atoms with van der Waals surface area (Å²) in [6.45, 7) is 8.37. The molecule has 1 aromatic heterocycles. The minimum absolute atomic E-state index is 0.111. The van der Waals surface area contributed by atoms with Crippen molar-refractivity contribution in [3.63, 3.8) is 0 Å². The molecule has 158 valence electrons. The summed E-state index contributed by atoms with van der Waals surface area (Å²) in [6.07, 6.45) is 0. The van der Waals surface area contributed by atoms with Gasteiger partial charge in [-0.25, -0.2) is 18.1 Å². The van der Waals surface area contributed by atoms with Crippen LogP contribution >= 0.6 is 11.6 Å². The lowest BCUT2D eigenvalue weighted by Gasteiger charge is -2.28. The van der Waals surface area contributed by atoms with Crippen molar-refractivity contribution in [1.82, 2.24) is 14.7 Å². The van der Waals surface area contributed by atoms with Crippen LogP contribution in [0.4, 0.5) is 5.82 Å². The van der Waals surface area contributed by atoms with Gasteiger partial charge < -0.3 is 14.4 Å². The molecule has 10 heteroatoms. The zero-order valence-electron chi connectivity index (χ0n) is 16.7. The molecule has 1 aliphatic rings. The Labute approximate surface area is 176 Å². The predicted molar refractivity (Wildman–Crippen MR) is 111 cm³/mol. The zero-order valence-corrected chi connectivity index (χ0v) is 18.3. The number of sulfonamides is 1. The molecule has 0 unspecified atom stereocenters. The number of hydrogen-bond donors (Lipinski definition) is 1. The Balaban J connectivity index is 1.60. The van der Waals surface area contributed by atoms with Crippen molar-refractivity contribution < 1.29 is 17.9 Å². The van der Waals surface area contributed by atoms with Crippen LogP contribution in [0.2, 0.25) is 5.02 Å². The third-order valence-electron chi connectivity index (χ3n) is 4.53. The van der Waals surface area contributed by atoms with Crippen molar-refractivity contribution in [3.8, 4) is 5.88 Å². The van der Waals surface area contributed by atoms with E-state index in [2.05, 4.69) is 19.6 Å². The van der Waals surface area contributed by atoms with Crippen molar-refractivity contribution in [2.45, 2.75) is 25.7 Å². The summed E-state index contributed by atoms with van der Waals surface area (Å²) in [4.78, 5) is 11.0. The Bertz CT molecular complexity index is 978. The maximum Gasteiger partial charge on any atom is 0.240 e. The highest BCUT2D eigenvalue weighted by Gasteiger charge is 2.18. The van der Waals surface area contributed by atoms with Crippen LogP contribution in [0.15, 0.2) is 23.1 Å². The molecular formula is C19H25ClN4O4S. The van der Waals surface area contributed by atoms with Gasteiger partial charge in [0.1, 0.15) is 18.2 Å². The summed E-state index contributed by atoms with van der Waals surface area (Å²) in [5.74, 6) is 1.79. The normalized spacial score (nSPS) is 14.8. The van der Waals surface area contributed by atoms with Gasteiger partial charge in [0.25, 0.3) is 0 Å². The van der Waals surface area contributed by atoms with Gasteiger partial charge in [0.05, 0.1) is 18.1 Å². The van der Waals surface area contributed by atoms with Gasteiger partial charge in [-0.3, -0.25) is 0 Å². The Kier molecular flexibility index (Phi) is 6.94. The van der Waals surface area contributed by atoms with E-state index in [1.54, 1.807) is 39.0 Å². The second-order valence-electron chi connectivity index (χ2n) is 6.82. The fourth-order valence-electron chi connectivity index (χ4n) is 3.01. The first-order chi connectivity index (χ1) is 13.8. The second-order valence-corrected chi connectivity index (χ2v) is 8.97. The molecule has 0 amide bonds. The van der Waals surface area contributed by atoms with Gasteiger partial charge >= 0.3 is 0 Å². The predicted octanol–water partition coefficient (Wildman–Crippen LogP) is 2.25. The number of benzene rings is 1. The molecular weight excluding hydrogens is 416 g/mol. The largest absolute Gasteiger partial charge is 0.476 e. The highest BCUT2D eigenvalue weighted by molar-refractivity contribution is 7.89. The first-order valence-electron chi connectivity index (χ1n) is 9.34. The zero-order chi connectivity index (χ0) is 21.0. The average molecular weight is 441 g/mol. The van der Waals surface area contributed by atoms with Crippen molar-refractivity contribution in [2.24, 2.45) is 0 Å². The number of rotatable bonds is 7. The Morgan fingerprint density at radius 3 is 2.59 bits per heavy atom. The molecule has 2 heterocycles. The Morgan fingerprint density at radius 1 is 1.14 bits per heavy atom. The topological polar surface area (TPSA) is 93.6 Å². The lowest BCUT2D eigenvalue weighted by molar-refractivity contribution is 0.122. The lowest BCUT2D eigenvalue weighted by atomic mass is 10.2. The molecule has 3 rings (SSSR count). The van der Waals surface area contributed by atoms with E-state index in [1.807, 2.05) is 0 Å². The van der Waals surface area contributed by atoms with Crippen LogP contribution in [0, 0.1) is 20.8 Å². The van der Waals surface area contributed by atoms with Gasteiger partial charge in [-0.1, -0.05) is 11.6 Å². The molecule has 0 aliphatic carbocycles. The Hall–Kier alpha value is -1.94. The lowest BCUT2D eigenvalue weighted by Crippen LogP contribution is -2.37. The fourth-order valence-corrected chi connectivity index (χ4v) is 4.55. The average Bonchev–Trinajstić information content (AvgIpc) is 2.68. The van der Waals surface area contributed by atoms with E-state index in [9.17, 15) is 8.42 Å². The first-order valence-corrected chi connectivity index (χ1v) is 11.2. The van der Waals surface area contributed by atoms with E-state index in [0.29, 0.717) is 41.1 Å². The van der Waals surface area contributed by atoms with Crippen molar-refractivity contribution >= 4 is 27.4 Å². The van der Waals surface area contributed by atoms with Gasteiger partial charge in [-0.05, 0) is 44.0 Å². The second kappa shape index (κ2) is 9.25. The third-order valence-corrected chi connectivity index (χ3v) is 6.54. The Morgan fingerprint density at radius 2 is 1.86 bits per heavy atom. The highest BCUT2D eigenvalue weighted by Crippen LogP contribution is 2.23. The number of nitrogens with one attached hydrogen (secondary N) is 1. The van der Waals surface area contributed by atoms with Crippen LogP contribution in [0.1, 0.15) is 17.0 Å². The summed E-state index contributed by atoms with van der Waals surface area (Å²) >= 11 is 6.05. The molecule has 1 saturated heterocycles. The number of aromatic nitrogens is 2.